The van der Waals surface area contributed by atoms with Gasteiger partial charge in [0, 0.05) is 10.8 Å². The van der Waals surface area contributed by atoms with Crippen molar-refractivity contribution in [1.29, 1.82) is 0 Å². The van der Waals surface area contributed by atoms with Crippen molar-refractivity contribution in [2.75, 3.05) is 0 Å². The van der Waals surface area contributed by atoms with Crippen LogP contribution in [0, 0.1) is 6.92 Å². The van der Waals surface area contributed by atoms with Crippen LogP contribution in [0.25, 0.3) is 43.6 Å². The number of fused-ring (bicyclic) bond motifs is 7. The fourth-order valence-electron chi connectivity index (χ4n) is 3.39. The molecular weight excluding hydrogens is 304 g/mol. The predicted octanol–water partition coefficient (Wildman–Crippen LogP) is 6.42. The van der Waals surface area contributed by atoms with Crippen LogP contribution in [0.4, 0.5) is 0 Å². The molecule has 0 fully saturated rings. The van der Waals surface area contributed by atoms with Gasteiger partial charge in [0.25, 0.3) is 0 Å². The highest BCUT2D eigenvalue weighted by Gasteiger charge is 2.11. The van der Waals surface area contributed by atoms with Crippen molar-refractivity contribution in [2.45, 2.75) is 20.8 Å². The smallest absolute Gasteiger partial charge is 0.0979 e. The number of para-hydroxylation sites is 2. The maximum absolute atomic E-state index is 4.92. The molecular formula is C23H20N2. The van der Waals surface area contributed by atoms with Crippen molar-refractivity contribution in [2.24, 2.45) is 0 Å². The summed E-state index contributed by atoms with van der Waals surface area (Å²) in [5.74, 6) is 0. The molecule has 0 N–H and O–H groups in total. The molecule has 0 unspecified atom stereocenters. The van der Waals surface area contributed by atoms with E-state index in [1.54, 1.807) is 0 Å². The lowest BCUT2D eigenvalue weighted by atomic mass is 9.98. The van der Waals surface area contributed by atoms with Gasteiger partial charge in [0.2, 0.25) is 0 Å². The Labute approximate surface area is 147 Å². The maximum Gasteiger partial charge on any atom is 0.0979 e. The van der Waals surface area contributed by atoms with E-state index in [4.69, 9.17) is 9.97 Å². The van der Waals surface area contributed by atoms with Gasteiger partial charge in [-0.1, -0.05) is 74.0 Å². The number of nitrogens with zero attached hydrogens (tertiary/aromatic N) is 2. The molecule has 1 heterocycles. The SMILES string of the molecule is CC.Cc1ccc2c(c1)c1ccccc1c1nc3ccccc3nc21. The second kappa shape index (κ2) is 6.14. The van der Waals surface area contributed by atoms with Gasteiger partial charge >= 0.3 is 0 Å². The molecule has 2 heteroatoms. The Balaban J connectivity index is 0.000000758. The molecule has 1 aromatic heterocycles. The third kappa shape index (κ3) is 2.42. The molecule has 0 aliphatic carbocycles. The van der Waals surface area contributed by atoms with Gasteiger partial charge in [-0.2, -0.15) is 0 Å². The van der Waals surface area contributed by atoms with Crippen LogP contribution >= 0.6 is 0 Å². The monoisotopic (exact) mass is 324 g/mol. The third-order valence-electron chi connectivity index (χ3n) is 4.47. The van der Waals surface area contributed by atoms with Crippen molar-refractivity contribution in [1.82, 2.24) is 9.97 Å². The number of aryl methyl sites for hydroxylation is 1. The fourth-order valence-corrected chi connectivity index (χ4v) is 3.39. The highest BCUT2D eigenvalue weighted by atomic mass is 14.8. The van der Waals surface area contributed by atoms with Crippen LogP contribution in [0.2, 0.25) is 0 Å². The quantitative estimate of drug-likeness (QED) is 0.242. The van der Waals surface area contributed by atoms with Crippen LogP contribution in [0.3, 0.4) is 0 Å². The summed E-state index contributed by atoms with van der Waals surface area (Å²) in [6, 6.07) is 23.1. The molecule has 5 aromatic rings. The standard InChI is InChI=1S/C21H14N2.C2H6/c1-13-10-11-16-17(12-13)14-6-2-3-7-15(14)20-21(16)23-19-9-5-4-8-18(19)22-20;1-2/h2-12H,1H3;1-2H3. The lowest BCUT2D eigenvalue weighted by molar-refractivity contribution is 1.41. The Morgan fingerprint density at radius 2 is 1.08 bits per heavy atom. The lowest BCUT2D eigenvalue weighted by Crippen LogP contribution is -1.91. The van der Waals surface area contributed by atoms with Crippen molar-refractivity contribution in [3.63, 3.8) is 0 Å². The molecule has 0 spiro atoms. The highest BCUT2D eigenvalue weighted by molar-refractivity contribution is 6.23. The van der Waals surface area contributed by atoms with Crippen LogP contribution in [-0.4, -0.2) is 9.97 Å². The lowest BCUT2D eigenvalue weighted by Gasteiger charge is -2.10. The van der Waals surface area contributed by atoms with Gasteiger partial charge in [0.15, 0.2) is 0 Å². The van der Waals surface area contributed by atoms with Crippen LogP contribution in [0.15, 0.2) is 66.7 Å². The number of benzene rings is 4. The Bertz CT molecular complexity index is 1220. The minimum atomic E-state index is 0.941. The summed E-state index contributed by atoms with van der Waals surface area (Å²) in [5, 5.41) is 4.82. The van der Waals surface area contributed by atoms with Gasteiger partial charge in [-0.3, -0.25) is 0 Å². The number of rotatable bonds is 0. The molecule has 0 radical (unpaired) electrons. The highest BCUT2D eigenvalue weighted by Crippen LogP contribution is 2.34. The topological polar surface area (TPSA) is 25.8 Å². The van der Waals surface area contributed by atoms with Crippen LogP contribution in [-0.2, 0) is 0 Å². The van der Waals surface area contributed by atoms with Crippen molar-refractivity contribution in [3.05, 3.63) is 72.3 Å². The van der Waals surface area contributed by atoms with Crippen molar-refractivity contribution in [3.8, 4) is 0 Å². The first-order valence-electron chi connectivity index (χ1n) is 8.79. The zero-order valence-electron chi connectivity index (χ0n) is 14.7. The Morgan fingerprint density at radius 3 is 1.72 bits per heavy atom. The van der Waals surface area contributed by atoms with Crippen LogP contribution in [0.1, 0.15) is 19.4 Å². The molecule has 0 aliphatic heterocycles. The summed E-state index contributed by atoms with van der Waals surface area (Å²) in [6.07, 6.45) is 0. The van der Waals surface area contributed by atoms with Gasteiger partial charge in [-0.15, -0.1) is 0 Å². The van der Waals surface area contributed by atoms with E-state index in [1.807, 2.05) is 38.1 Å². The van der Waals surface area contributed by atoms with E-state index in [2.05, 4.69) is 49.4 Å². The molecule has 4 aromatic carbocycles. The molecule has 0 saturated heterocycles. The maximum atomic E-state index is 4.92. The van der Waals surface area contributed by atoms with E-state index >= 15 is 0 Å². The van der Waals surface area contributed by atoms with Gasteiger partial charge < -0.3 is 0 Å². The number of hydrogen-bond acceptors (Lipinski definition) is 2. The minimum Gasteiger partial charge on any atom is -0.244 e. The van der Waals surface area contributed by atoms with Crippen LogP contribution in [0.5, 0.6) is 0 Å². The summed E-state index contributed by atoms with van der Waals surface area (Å²) in [7, 11) is 0. The average molecular weight is 324 g/mol. The van der Waals surface area contributed by atoms with E-state index in [0.717, 1.165) is 22.1 Å². The summed E-state index contributed by atoms with van der Waals surface area (Å²) in [5.41, 5.74) is 5.11. The van der Waals surface area contributed by atoms with Gasteiger partial charge in [-0.05, 0) is 29.8 Å². The van der Waals surface area contributed by atoms with E-state index in [0.29, 0.717) is 0 Å². The molecule has 0 amide bonds. The Hall–Kier alpha value is -3.00. The van der Waals surface area contributed by atoms with E-state index in [1.165, 1.54) is 27.1 Å². The second-order valence-corrected chi connectivity index (χ2v) is 6.00. The van der Waals surface area contributed by atoms with E-state index in [-0.39, 0.29) is 0 Å². The fraction of sp³-hybridized carbons (Fsp3) is 0.130. The van der Waals surface area contributed by atoms with E-state index in [9.17, 15) is 0 Å². The largest absolute Gasteiger partial charge is 0.244 e. The molecule has 2 nitrogen and oxygen atoms in total. The first-order chi connectivity index (χ1) is 12.3. The number of aromatic nitrogens is 2. The normalized spacial score (nSPS) is 11.0. The first kappa shape index (κ1) is 15.5. The van der Waals surface area contributed by atoms with E-state index < -0.39 is 0 Å². The van der Waals surface area contributed by atoms with Crippen LogP contribution < -0.4 is 0 Å². The third-order valence-corrected chi connectivity index (χ3v) is 4.47. The van der Waals surface area contributed by atoms with Gasteiger partial charge in [0.1, 0.15) is 0 Å². The molecule has 0 bridgehead atoms. The molecule has 0 saturated carbocycles. The van der Waals surface area contributed by atoms with Crippen molar-refractivity contribution < 1.29 is 0 Å². The summed E-state index contributed by atoms with van der Waals surface area (Å²) in [4.78, 5) is 9.84. The Morgan fingerprint density at radius 1 is 0.560 bits per heavy atom. The molecule has 25 heavy (non-hydrogen) atoms. The van der Waals surface area contributed by atoms with Crippen molar-refractivity contribution >= 4 is 43.6 Å². The second-order valence-electron chi connectivity index (χ2n) is 6.00. The average Bonchev–Trinajstić information content (AvgIpc) is 2.68. The molecule has 122 valence electrons. The molecule has 0 aliphatic rings. The Kier molecular flexibility index (Phi) is 3.81. The first-order valence-corrected chi connectivity index (χ1v) is 8.79. The minimum absolute atomic E-state index is 0.941. The zero-order valence-corrected chi connectivity index (χ0v) is 14.7. The zero-order chi connectivity index (χ0) is 17.4. The molecule has 5 rings (SSSR count). The summed E-state index contributed by atoms with van der Waals surface area (Å²) in [6.45, 7) is 6.13. The molecule has 0 atom stereocenters. The predicted molar refractivity (Wildman–Crippen MR) is 108 cm³/mol. The van der Waals surface area contributed by atoms with Gasteiger partial charge in [0.05, 0.1) is 22.1 Å². The summed E-state index contributed by atoms with van der Waals surface area (Å²) >= 11 is 0. The number of hydrogen-bond donors (Lipinski definition) is 0. The van der Waals surface area contributed by atoms with Gasteiger partial charge in [-0.25, -0.2) is 9.97 Å². The summed E-state index contributed by atoms with van der Waals surface area (Å²) < 4.78 is 0.